The van der Waals surface area contributed by atoms with Crippen LogP contribution in [0.25, 0.3) is 0 Å². The standard InChI is InChI=1S/C28H23F2N3O6.C23H19F2N3O3.C5H5ClO3.C5H5IO3.CH2O3.CH4.HI.2K.Na.H/c1-15-21(39-28(36)38-15)14-37-26-20(34)13-31-33-24(19-11-6-12-32(19)27(35)25(26)33)22(16-7-3-2-4-8-16)17-9-5-10-18(29)23(17)30;24-15-9-4-8-14(19(15)25)18(13-6-2-1-3-7-13)20-16-10-5-11-27(16)23(31)21-22(30)17(29)12-26-28(20)21;2*1-3-4(2-6)9-5(7)8-3;2-1-4-3;;;;;;/h2-5,7-10,13,19,22,24H,6,11-12,14H2,1H3;1-4,6-9,12,16,18,20,30H,5,10-11H2;2*2H2,1H3;1,3H;1H4;1H;;;;/q;;;;;;;3*+1;-1/p-2/t19-,22-,24-;16-,18-,20-;;;;;;;;;/m11........./s1. The minimum atomic E-state index is -0.989. The van der Waals surface area contributed by atoms with E-state index in [4.69, 9.17) is 35.2 Å². The quantitative estimate of drug-likeness (QED) is 0.0244. The van der Waals surface area contributed by atoms with Crippen LogP contribution >= 0.6 is 34.2 Å². The second kappa shape index (κ2) is 39.0. The van der Waals surface area contributed by atoms with Crippen LogP contribution in [-0.4, -0.2) is 77.9 Å². The van der Waals surface area contributed by atoms with Crippen molar-refractivity contribution < 1.29 is 236 Å². The van der Waals surface area contributed by atoms with Crippen molar-refractivity contribution in [1.82, 2.24) is 29.4 Å². The molecule has 2 saturated heterocycles. The minimum Gasteiger partial charge on any atom is -1.00 e. The van der Waals surface area contributed by atoms with Crippen LogP contribution in [0.3, 0.4) is 0 Å². The van der Waals surface area contributed by atoms with Gasteiger partial charge in [0.2, 0.25) is 10.9 Å². The molecule has 24 nitrogen and oxygen atoms in total. The molecule has 1 N–H and O–H groups in total. The van der Waals surface area contributed by atoms with E-state index in [2.05, 4.69) is 55.3 Å². The second-order valence-electron chi connectivity index (χ2n) is 20.8. The number of aryl methyl sites for hydroxylation is 3. The van der Waals surface area contributed by atoms with Crippen LogP contribution in [0.4, 0.5) is 17.6 Å². The molecule has 0 aliphatic carbocycles. The molecular formula is C63H58ClF4I2K2N6NaO18. The number of amides is 2. The SMILES string of the molecule is C.Cc1oc(=O)oc1CCl.Cc1oc(=O)oc1CI.Cc1oc(=O)oc1COc1c2n(ncc1=O)[C@@H]([C@H](c1ccccc1)c1cccc(F)c1F)[C@H]1CCCN1C2=O.O=C1c2c(O)c(=O)cnn2[C@@H]([C@H](c2ccccc2)c2cccc(F)c2F)[C@H]2CCCN12.O=CO[O-].[H-].[I-].[K+].[K+].[Na+]. The molecule has 34 heteroatoms. The zero-order valence-corrected chi connectivity index (χ0v) is 65.3. The summed E-state index contributed by atoms with van der Waals surface area (Å²) < 4.78 is 96.4. The third kappa shape index (κ3) is 19.1. The van der Waals surface area contributed by atoms with Crippen LogP contribution in [0.1, 0.15) is 136 Å². The van der Waals surface area contributed by atoms with Gasteiger partial charge in [0.1, 0.15) is 18.1 Å². The number of aromatic nitrogens is 4. The van der Waals surface area contributed by atoms with E-state index in [0.717, 1.165) is 30.9 Å². The van der Waals surface area contributed by atoms with Crippen LogP contribution < -0.4 is 195 Å². The smallest absolute Gasteiger partial charge is 1.00 e. The zero-order chi connectivity index (χ0) is 66.1. The van der Waals surface area contributed by atoms with Crippen molar-refractivity contribution in [1.29, 1.82) is 0 Å². The van der Waals surface area contributed by atoms with E-state index in [0.29, 0.717) is 70.9 Å². The molecule has 9 heterocycles. The fourth-order valence-electron chi connectivity index (χ4n) is 11.6. The first-order valence-corrected chi connectivity index (χ1v) is 30.1. The fraction of sp³-hybridized carbons (Fsp3) is 0.302. The molecule has 0 saturated carbocycles. The topological polar surface area (TPSA) is 319 Å². The van der Waals surface area contributed by atoms with Crippen molar-refractivity contribution in [2.24, 2.45) is 0 Å². The fourth-order valence-corrected chi connectivity index (χ4v) is 12.6. The van der Waals surface area contributed by atoms with Crippen LogP contribution in [0.2, 0.25) is 0 Å². The summed E-state index contributed by atoms with van der Waals surface area (Å²) in [7, 11) is 0. The number of ether oxygens (including phenoxy) is 1. The summed E-state index contributed by atoms with van der Waals surface area (Å²) in [6.07, 6.45) is 4.65. The zero-order valence-electron chi connectivity index (χ0n) is 53.0. The number of aromatic hydroxyl groups is 1. The molecule has 4 aromatic carbocycles. The Balaban J connectivity index is 0.000000376. The average molecular weight is 1650 g/mol. The summed E-state index contributed by atoms with van der Waals surface area (Å²) in [5.41, 5.74) is -0.0883. The number of fused-ring (bicyclic) bond motifs is 4. The number of halogens is 7. The van der Waals surface area contributed by atoms with E-state index in [-0.39, 0.29) is 230 Å². The number of nitrogens with zero attached hydrogens (tertiary/aromatic N) is 6. The summed E-state index contributed by atoms with van der Waals surface area (Å²) >= 11 is 7.45. The van der Waals surface area contributed by atoms with Crippen molar-refractivity contribution in [2.75, 3.05) is 13.1 Å². The Morgan fingerprint density at radius 3 is 1.42 bits per heavy atom. The van der Waals surface area contributed by atoms with Gasteiger partial charge in [0.15, 0.2) is 69.2 Å². The van der Waals surface area contributed by atoms with Gasteiger partial charge in [0.05, 0.1) is 46.9 Å². The first-order chi connectivity index (χ1) is 44.2. The van der Waals surface area contributed by atoms with Gasteiger partial charge in [0, 0.05) is 36.1 Å². The van der Waals surface area contributed by atoms with Crippen molar-refractivity contribution in [3.63, 3.8) is 0 Å². The molecule has 0 bridgehead atoms. The maximum Gasteiger partial charge on any atom is 1.00 e. The Hall–Kier alpha value is -4.62. The predicted molar refractivity (Wildman–Crippen MR) is 327 cm³/mol. The van der Waals surface area contributed by atoms with Crippen LogP contribution in [0.5, 0.6) is 11.5 Å². The largest absolute Gasteiger partial charge is 1.00 e. The van der Waals surface area contributed by atoms with Gasteiger partial charge in [0.25, 0.3) is 18.3 Å². The van der Waals surface area contributed by atoms with E-state index in [1.54, 1.807) is 47.9 Å². The molecule has 97 heavy (non-hydrogen) atoms. The van der Waals surface area contributed by atoms with Gasteiger partial charge in [-0.3, -0.25) is 33.3 Å². The summed E-state index contributed by atoms with van der Waals surface area (Å²) in [6.45, 7) is 5.20. The van der Waals surface area contributed by atoms with Crippen molar-refractivity contribution in [3.05, 3.63) is 253 Å². The molecule has 0 unspecified atom stereocenters. The van der Waals surface area contributed by atoms with Gasteiger partial charge in [-0.1, -0.05) is 115 Å². The number of rotatable bonds is 12. The molecule has 0 spiro atoms. The molecule has 500 valence electrons. The van der Waals surface area contributed by atoms with Crippen LogP contribution in [0, 0.1) is 44.0 Å². The van der Waals surface area contributed by atoms with Crippen LogP contribution in [0.15, 0.2) is 160 Å². The normalized spacial score (nSPS) is 16.4. The monoisotopic (exact) mass is 1650 g/mol. The Bertz CT molecular complexity index is 4420. The van der Waals surface area contributed by atoms with E-state index in [1.807, 2.05) is 36.4 Å². The van der Waals surface area contributed by atoms with Crippen molar-refractivity contribution in [2.45, 2.75) is 107 Å². The molecule has 0 radical (unpaired) electrons. The number of benzene rings is 4. The molecule has 4 aliphatic heterocycles. The summed E-state index contributed by atoms with van der Waals surface area (Å²) in [6, 6.07) is 24.1. The molecule has 4 aliphatic rings. The minimum absolute atomic E-state index is 0. The first-order valence-electron chi connectivity index (χ1n) is 28.0. The summed E-state index contributed by atoms with van der Waals surface area (Å²) in [4.78, 5) is 98.4. The Morgan fingerprint density at radius 1 is 0.639 bits per heavy atom. The Labute approximate surface area is 693 Å². The molecule has 2 amide bonds. The van der Waals surface area contributed by atoms with Gasteiger partial charge < -0.3 is 81.7 Å². The van der Waals surface area contributed by atoms with Gasteiger partial charge >= 0.3 is 150 Å². The first kappa shape index (κ1) is 84.8. The van der Waals surface area contributed by atoms with Gasteiger partial charge in [-0.05, 0) is 69.7 Å². The van der Waals surface area contributed by atoms with Crippen LogP contribution in [-0.2, 0) is 26.6 Å². The Morgan fingerprint density at radius 2 is 1.04 bits per heavy atom. The number of hydrogen-bond donors (Lipinski definition) is 1. The summed E-state index contributed by atoms with van der Waals surface area (Å²) in [5.74, 6) is -7.00. The van der Waals surface area contributed by atoms with E-state index in [1.165, 1.54) is 40.6 Å². The molecule has 5 aromatic heterocycles. The molecule has 9 aromatic rings. The number of carbonyl (C=O) groups is 3. The van der Waals surface area contributed by atoms with Gasteiger partial charge in [-0.2, -0.15) is 10.2 Å². The van der Waals surface area contributed by atoms with E-state index >= 15 is 8.78 Å². The number of alkyl halides is 2. The maximum absolute atomic E-state index is 15.4. The van der Waals surface area contributed by atoms with E-state index < -0.39 is 99.1 Å². The summed E-state index contributed by atoms with van der Waals surface area (Å²) in [5, 5.41) is 27.4. The van der Waals surface area contributed by atoms with Gasteiger partial charge in [-0.25, -0.2) is 31.9 Å². The predicted octanol–water partition coefficient (Wildman–Crippen LogP) is -2.88. The van der Waals surface area contributed by atoms with Gasteiger partial charge in [-0.15, -0.1) is 11.6 Å². The number of carbonyl (C=O) groups excluding carboxylic acids is 3. The number of hydrogen-bond acceptors (Lipinski definition) is 20. The molecule has 2 fully saturated rings. The average Bonchev–Trinajstić information content (AvgIpc) is 1.21. The second-order valence-corrected chi connectivity index (χ2v) is 21.8. The Kier molecular flexibility index (Phi) is 34.1. The van der Waals surface area contributed by atoms with E-state index in [9.17, 15) is 47.4 Å². The molecule has 13 rings (SSSR count). The third-order valence-electron chi connectivity index (χ3n) is 15.6. The van der Waals surface area contributed by atoms with Crippen molar-refractivity contribution >= 4 is 52.5 Å². The van der Waals surface area contributed by atoms with Crippen molar-refractivity contribution in [3.8, 4) is 11.5 Å². The molecule has 6 atom stereocenters. The molecular weight excluding hydrogens is 1600 g/mol. The maximum atomic E-state index is 15.4. The third-order valence-corrected chi connectivity index (χ3v) is 16.5.